The number of para-hydroxylation sites is 1. The monoisotopic (exact) mass is 468 g/mol. The minimum atomic E-state index is -0.601. The fourth-order valence-corrected chi connectivity index (χ4v) is 4.23. The fraction of sp³-hybridized carbons (Fsp3) is 0.111. The summed E-state index contributed by atoms with van der Waals surface area (Å²) in [6, 6.07) is 17.6. The van der Waals surface area contributed by atoms with Crippen molar-refractivity contribution in [1.29, 1.82) is 0 Å². The van der Waals surface area contributed by atoms with E-state index < -0.39 is 23.5 Å². The van der Waals surface area contributed by atoms with E-state index in [1.807, 2.05) is 19.9 Å². The molecule has 4 aromatic rings. The number of carbonyl (C=O) groups excluding carboxylic acids is 2. The number of aryl methyl sites for hydroxylation is 2. The standard InChI is InChI=1S/C27H21FN4O3/c1-3-21-22(26(34)32(29-21)20-13-11-18(28)12-14-20)23-24(30-15-7-8-17(2)16-30)27(35)31(25(23)33)19-9-5-4-6-10-19/h4-16H,3H2,1-2H3. The van der Waals surface area contributed by atoms with Crippen LogP contribution in [0.2, 0.25) is 0 Å². The molecule has 174 valence electrons. The Kier molecular flexibility index (Phi) is 5.49. The van der Waals surface area contributed by atoms with Crippen LogP contribution in [0.25, 0.3) is 17.0 Å². The average molecular weight is 468 g/mol. The highest BCUT2D eigenvalue weighted by atomic mass is 19.1. The molecule has 0 N–H and O–H groups in total. The van der Waals surface area contributed by atoms with Gasteiger partial charge >= 0.3 is 5.91 Å². The molecular formula is C27H21FN4O3. The number of halogens is 1. The van der Waals surface area contributed by atoms with E-state index in [0.29, 0.717) is 23.5 Å². The van der Waals surface area contributed by atoms with Gasteiger partial charge in [-0.25, -0.2) is 14.0 Å². The summed E-state index contributed by atoms with van der Waals surface area (Å²) in [6.45, 7) is 3.69. The first-order chi connectivity index (χ1) is 16.9. The highest BCUT2D eigenvalue weighted by Gasteiger charge is 2.47. The van der Waals surface area contributed by atoms with Gasteiger partial charge in [-0.2, -0.15) is 9.67 Å². The second kappa shape index (κ2) is 8.64. The van der Waals surface area contributed by atoms with Gasteiger partial charge in [-0.05, 0) is 61.7 Å². The van der Waals surface area contributed by atoms with E-state index in [1.54, 1.807) is 53.4 Å². The molecule has 0 atom stereocenters. The van der Waals surface area contributed by atoms with Gasteiger partial charge in [0.05, 0.1) is 17.1 Å². The first-order valence-electron chi connectivity index (χ1n) is 11.1. The summed E-state index contributed by atoms with van der Waals surface area (Å²) in [5.41, 5.74) is 2.14. The minimum absolute atomic E-state index is 0.00957. The summed E-state index contributed by atoms with van der Waals surface area (Å²) in [5, 5.41) is 18.1. The summed E-state index contributed by atoms with van der Waals surface area (Å²) in [4.78, 5) is 28.6. The average Bonchev–Trinajstić information content (AvgIpc) is 3.32. The Labute approximate surface area is 201 Å². The summed E-state index contributed by atoms with van der Waals surface area (Å²) in [7, 11) is 0. The van der Waals surface area contributed by atoms with E-state index >= 15 is 0 Å². The fourth-order valence-electron chi connectivity index (χ4n) is 4.23. The predicted octanol–water partition coefficient (Wildman–Crippen LogP) is 3.19. The molecule has 0 saturated heterocycles. The van der Waals surface area contributed by atoms with Crippen LogP contribution in [-0.2, 0) is 16.0 Å². The highest BCUT2D eigenvalue weighted by molar-refractivity contribution is 6.53. The number of pyridine rings is 1. The van der Waals surface area contributed by atoms with Gasteiger partial charge in [0.25, 0.3) is 11.6 Å². The predicted molar refractivity (Wildman–Crippen MR) is 126 cm³/mol. The molecule has 3 heterocycles. The van der Waals surface area contributed by atoms with Crippen LogP contribution in [0.4, 0.5) is 10.1 Å². The van der Waals surface area contributed by atoms with Gasteiger partial charge < -0.3 is 5.11 Å². The van der Waals surface area contributed by atoms with Crippen molar-refractivity contribution in [1.82, 2.24) is 9.78 Å². The largest absolute Gasteiger partial charge is 0.858 e. The van der Waals surface area contributed by atoms with Crippen molar-refractivity contribution in [2.75, 3.05) is 4.90 Å². The van der Waals surface area contributed by atoms with Crippen molar-refractivity contribution < 1.29 is 23.7 Å². The van der Waals surface area contributed by atoms with E-state index in [1.165, 1.54) is 24.3 Å². The van der Waals surface area contributed by atoms with Gasteiger partial charge in [0.2, 0.25) is 0 Å². The first kappa shape index (κ1) is 22.2. The lowest BCUT2D eigenvalue weighted by molar-refractivity contribution is -0.577. The van der Waals surface area contributed by atoms with Crippen LogP contribution in [0.5, 0.6) is 5.88 Å². The number of imide groups is 1. The van der Waals surface area contributed by atoms with E-state index in [-0.39, 0.29) is 16.8 Å². The number of hydrogen-bond acceptors (Lipinski definition) is 4. The molecule has 0 aliphatic carbocycles. The van der Waals surface area contributed by atoms with Crippen LogP contribution in [0, 0.1) is 12.7 Å². The molecule has 0 spiro atoms. The Balaban J connectivity index is 1.77. The molecule has 0 fully saturated rings. The Hall–Kier alpha value is -4.59. The van der Waals surface area contributed by atoms with Gasteiger partial charge in [-0.3, -0.25) is 9.59 Å². The normalized spacial score (nSPS) is 13.7. The van der Waals surface area contributed by atoms with Gasteiger partial charge in [0.15, 0.2) is 12.4 Å². The molecule has 5 rings (SSSR count). The first-order valence-corrected chi connectivity index (χ1v) is 11.1. The summed E-state index contributed by atoms with van der Waals surface area (Å²) in [6.07, 6.45) is 3.75. The number of nitrogens with zero attached hydrogens (tertiary/aromatic N) is 4. The van der Waals surface area contributed by atoms with Crippen LogP contribution >= 0.6 is 0 Å². The van der Waals surface area contributed by atoms with Crippen molar-refractivity contribution in [2.45, 2.75) is 20.3 Å². The number of carbonyl (C=O) groups is 2. The highest BCUT2D eigenvalue weighted by Crippen LogP contribution is 2.38. The molecule has 2 aromatic carbocycles. The number of amides is 2. The zero-order valence-corrected chi connectivity index (χ0v) is 19.1. The zero-order chi connectivity index (χ0) is 24.7. The topological polar surface area (TPSA) is 82.1 Å². The van der Waals surface area contributed by atoms with Crippen LogP contribution in [-0.4, -0.2) is 21.6 Å². The second-order valence-electron chi connectivity index (χ2n) is 8.16. The van der Waals surface area contributed by atoms with Crippen LogP contribution < -0.4 is 14.6 Å². The third kappa shape index (κ3) is 3.69. The maximum absolute atomic E-state index is 13.8. The molecule has 0 radical (unpaired) electrons. The third-order valence-corrected chi connectivity index (χ3v) is 5.85. The van der Waals surface area contributed by atoms with E-state index in [0.717, 1.165) is 15.1 Å². The second-order valence-corrected chi connectivity index (χ2v) is 8.16. The number of rotatable bonds is 5. The van der Waals surface area contributed by atoms with Gasteiger partial charge in [0, 0.05) is 17.2 Å². The summed E-state index contributed by atoms with van der Waals surface area (Å²) in [5.74, 6) is -2.14. The number of benzene rings is 2. The van der Waals surface area contributed by atoms with Crippen molar-refractivity contribution >= 4 is 28.8 Å². The third-order valence-electron chi connectivity index (χ3n) is 5.85. The molecule has 8 heteroatoms. The maximum Gasteiger partial charge on any atom is 0.331 e. The van der Waals surface area contributed by atoms with Crippen molar-refractivity contribution in [2.24, 2.45) is 0 Å². The van der Waals surface area contributed by atoms with Gasteiger partial charge in [-0.15, -0.1) is 0 Å². The molecule has 0 unspecified atom stereocenters. The Morgan fingerprint density at radius 1 is 0.943 bits per heavy atom. The Morgan fingerprint density at radius 2 is 1.66 bits per heavy atom. The Morgan fingerprint density at radius 3 is 2.31 bits per heavy atom. The van der Waals surface area contributed by atoms with Crippen LogP contribution in [0.15, 0.2) is 79.1 Å². The molecule has 0 saturated carbocycles. The smallest absolute Gasteiger partial charge is 0.331 e. The number of hydrogen-bond donors (Lipinski definition) is 0. The molecule has 35 heavy (non-hydrogen) atoms. The van der Waals surface area contributed by atoms with Crippen molar-refractivity contribution in [3.05, 3.63) is 102 Å². The number of anilines is 1. The van der Waals surface area contributed by atoms with Crippen molar-refractivity contribution in [3.63, 3.8) is 0 Å². The lowest BCUT2D eigenvalue weighted by Crippen LogP contribution is -2.39. The molecule has 1 aliphatic heterocycles. The minimum Gasteiger partial charge on any atom is -0.858 e. The van der Waals surface area contributed by atoms with E-state index in [2.05, 4.69) is 5.10 Å². The summed E-state index contributed by atoms with van der Waals surface area (Å²) < 4.78 is 16.2. The van der Waals surface area contributed by atoms with Gasteiger partial charge in [-0.1, -0.05) is 25.1 Å². The van der Waals surface area contributed by atoms with E-state index in [4.69, 9.17) is 0 Å². The lowest BCUT2D eigenvalue weighted by Gasteiger charge is -2.15. The summed E-state index contributed by atoms with van der Waals surface area (Å²) >= 11 is 0. The maximum atomic E-state index is 13.8. The quantitative estimate of drug-likeness (QED) is 0.333. The molecule has 7 nitrogen and oxygen atoms in total. The number of aromatic nitrogens is 3. The lowest BCUT2D eigenvalue weighted by atomic mass is 10.0. The SMILES string of the molecule is CCc1nn(-c2ccc(F)cc2)c([O-])c1C1=C([n+]2cccc(C)c2)C(=O)N(c2ccccc2)C1=O. The van der Waals surface area contributed by atoms with Crippen LogP contribution in [0.1, 0.15) is 23.7 Å². The van der Waals surface area contributed by atoms with E-state index in [9.17, 15) is 19.1 Å². The molecule has 2 amide bonds. The Bertz CT molecular complexity index is 1490. The zero-order valence-electron chi connectivity index (χ0n) is 19.1. The molecule has 1 aliphatic rings. The molecular weight excluding hydrogens is 447 g/mol. The molecule has 0 bridgehead atoms. The van der Waals surface area contributed by atoms with Gasteiger partial charge in [0.1, 0.15) is 11.4 Å². The molecule has 2 aromatic heterocycles. The van der Waals surface area contributed by atoms with Crippen molar-refractivity contribution in [3.8, 4) is 11.6 Å². The van der Waals surface area contributed by atoms with Crippen LogP contribution in [0.3, 0.4) is 0 Å².